The van der Waals surface area contributed by atoms with Crippen LogP contribution in [0.15, 0.2) is 48.5 Å². The van der Waals surface area contributed by atoms with E-state index in [2.05, 4.69) is 10.6 Å². The molecule has 0 heterocycles. The van der Waals surface area contributed by atoms with Crippen molar-refractivity contribution in [2.75, 3.05) is 15.9 Å². The molecule has 2 amide bonds. The van der Waals surface area contributed by atoms with Crippen molar-refractivity contribution in [3.63, 3.8) is 0 Å². The van der Waals surface area contributed by atoms with Gasteiger partial charge in [-0.05, 0) is 56.7 Å². The molecule has 0 aliphatic carbocycles. The lowest BCUT2D eigenvalue weighted by Crippen LogP contribution is -2.47. The summed E-state index contributed by atoms with van der Waals surface area (Å²) in [6.45, 7) is 5.39. The average Bonchev–Trinajstić information content (AvgIpc) is 2.65. The molecular formula is C21H26ClN3O4S. The van der Waals surface area contributed by atoms with Crippen LogP contribution in [0, 0.1) is 0 Å². The molecule has 162 valence electrons. The van der Waals surface area contributed by atoms with Crippen LogP contribution in [0.1, 0.15) is 37.6 Å². The molecule has 2 aromatic rings. The fraction of sp³-hybridized carbons (Fsp3) is 0.333. The highest BCUT2D eigenvalue weighted by atomic mass is 35.5. The Kier molecular flexibility index (Phi) is 7.86. The Morgan fingerprint density at radius 1 is 1.07 bits per heavy atom. The van der Waals surface area contributed by atoms with Crippen LogP contribution >= 0.6 is 11.6 Å². The van der Waals surface area contributed by atoms with E-state index in [4.69, 9.17) is 11.6 Å². The summed E-state index contributed by atoms with van der Waals surface area (Å²) in [5.74, 6) is -0.866. The second-order valence-electron chi connectivity index (χ2n) is 7.12. The Labute approximate surface area is 182 Å². The quantitative estimate of drug-likeness (QED) is 0.640. The highest BCUT2D eigenvalue weighted by Gasteiger charge is 2.32. The van der Waals surface area contributed by atoms with E-state index in [1.807, 2.05) is 13.8 Å². The smallest absolute Gasteiger partial charge is 0.253 e. The lowest BCUT2D eigenvalue weighted by Gasteiger charge is -2.30. The molecule has 2 aromatic carbocycles. The van der Waals surface area contributed by atoms with Gasteiger partial charge in [0, 0.05) is 11.1 Å². The van der Waals surface area contributed by atoms with Crippen LogP contribution in [-0.2, 0) is 14.8 Å². The predicted molar refractivity (Wildman–Crippen MR) is 121 cm³/mol. The number of sulfonamides is 1. The van der Waals surface area contributed by atoms with E-state index in [-0.39, 0.29) is 18.4 Å². The maximum Gasteiger partial charge on any atom is 0.253 e. The molecule has 0 saturated carbocycles. The van der Waals surface area contributed by atoms with Gasteiger partial charge < -0.3 is 10.6 Å². The molecule has 0 spiro atoms. The number of hydrogen-bond acceptors (Lipinski definition) is 4. The zero-order valence-electron chi connectivity index (χ0n) is 17.3. The topological polar surface area (TPSA) is 95.6 Å². The number of hydrogen-bond donors (Lipinski definition) is 2. The van der Waals surface area contributed by atoms with Crippen LogP contribution in [-0.4, -0.2) is 38.6 Å². The van der Waals surface area contributed by atoms with Crippen LogP contribution in [0.5, 0.6) is 0 Å². The molecule has 0 unspecified atom stereocenters. The van der Waals surface area contributed by atoms with E-state index in [0.717, 1.165) is 10.6 Å². The van der Waals surface area contributed by atoms with Crippen LogP contribution in [0.3, 0.4) is 0 Å². The summed E-state index contributed by atoms with van der Waals surface area (Å²) in [4.78, 5) is 25.6. The van der Waals surface area contributed by atoms with Crippen molar-refractivity contribution in [1.29, 1.82) is 0 Å². The predicted octanol–water partition coefficient (Wildman–Crippen LogP) is 3.66. The number of anilines is 2. The summed E-state index contributed by atoms with van der Waals surface area (Å²) in [6, 6.07) is 11.7. The Balaban J connectivity index is 2.38. The van der Waals surface area contributed by atoms with Gasteiger partial charge in [-0.1, -0.05) is 30.7 Å². The Hall–Kier alpha value is -2.58. The van der Waals surface area contributed by atoms with Gasteiger partial charge in [-0.2, -0.15) is 0 Å². The second-order valence-corrected chi connectivity index (χ2v) is 9.42. The zero-order chi connectivity index (χ0) is 22.5. The van der Waals surface area contributed by atoms with E-state index in [1.165, 1.54) is 0 Å². The molecule has 2 N–H and O–H groups in total. The van der Waals surface area contributed by atoms with Crippen LogP contribution in [0.2, 0.25) is 5.02 Å². The monoisotopic (exact) mass is 451 g/mol. The summed E-state index contributed by atoms with van der Waals surface area (Å²) in [5.41, 5.74) is 0.935. The van der Waals surface area contributed by atoms with Crippen molar-refractivity contribution in [3.05, 3.63) is 59.1 Å². The number of nitrogens with zero attached hydrogens (tertiary/aromatic N) is 1. The van der Waals surface area contributed by atoms with Crippen LogP contribution in [0.4, 0.5) is 11.4 Å². The maximum atomic E-state index is 13.1. The fourth-order valence-corrected chi connectivity index (χ4v) is 4.33. The van der Waals surface area contributed by atoms with Crippen molar-refractivity contribution in [1.82, 2.24) is 5.32 Å². The number of para-hydroxylation sites is 1. The molecule has 7 nitrogen and oxygen atoms in total. The van der Waals surface area contributed by atoms with Gasteiger partial charge in [0.2, 0.25) is 15.9 Å². The maximum absolute atomic E-state index is 13.1. The van der Waals surface area contributed by atoms with Gasteiger partial charge in [0.1, 0.15) is 6.04 Å². The highest BCUT2D eigenvalue weighted by molar-refractivity contribution is 7.92. The summed E-state index contributed by atoms with van der Waals surface area (Å²) in [6.07, 6.45) is 1.27. The minimum atomic E-state index is -3.77. The minimum absolute atomic E-state index is 0.0738. The van der Waals surface area contributed by atoms with Crippen molar-refractivity contribution in [2.45, 2.75) is 39.3 Å². The number of carbonyl (C=O) groups excluding carboxylic acids is 2. The first kappa shape index (κ1) is 23.7. The third kappa shape index (κ3) is 5.96. The van der Waals surface area contributed by atoms with Gasteiger partial charge in [-0.3, -0.25) is 13.9 Å². The Morgan fingerprint density at radius 2 is 1.67 bits per heavy atom. The molecule has 0 radical (unpaired) electrons. The lowest BCUT2D eigenvalue weighted by molar-refractivity contribution is -0.117. The number of benzene rings is 2. The van der Waals surface area contributed by atoms with Crippen LogP contribution in [0.25, 0.3) is 0 Å². The first-order valence-electron chi connectivity index (χ1n) is 9.50. The van der Waals surface area contributed by atoms with Crippen molar-refractivity contribution in [3.8, 4) is 0 Å². The summed E-state index contributed by atoms with van der Waals surface area (Å²) >= 11 is 5.91. The summed E-state index contributed by atoms with van der Waals surface area (Å²) in [7, 11) is -3.77. The zero-order valence-corrected chi connectivity index (χ0v) is 18.9. The van der Waals surface area contributed by atoms with Crippen molar-refractivity contribution in [2.24, 2.45) is 0 Å². The van der Waals surface area contributed by atoms with E-state index in [1.54, 1.807) is 55.5 Å². The number of nitrogens with one attached hydrogen (secondary N) is 2. The number of carbonyl (C=O) groups is 2. The van der Waals surface area contributed by atoms with Gasteiger partial charge in [0.15, 0.2) is 0 Å². The number of rotatable bonds is 8. The minimum Gasteiger partial charge on any atom is -0.350 e. The molecule has 30 heavy (non-hydrogen) atoms. The SMILES string of the molecule is CC[C@H](C(=O)Nc1ccccc1C(=O)NC(C)C)N(c1ccc(Cl)cc1)S(C)(=O)=O. The standard InChI is InChI=1S/C21H26ClN3O4S/c1-5-19(25(30(4,28)29)16-12-10-15(22)11-13-16)21(27)24-18-9-7-6-8-17(18)20(26)23-14(2)3/h6-14,19H,5H2,1-4H3,(H,23,26)(H,24,27)/t19-/m1/s1. The van der Waals surface area contributed by atoms with E-state index in [0.29, 0.717) is 22.0 Å². The van der Waals surface area contributed by atoms with Gasteiger partial charge in [0.05, 0.1) is 23.2 Å². The molecular weight excluding hydrogens is 426 g/mol. The van der Waals surface area contributed by atoms with Crippen molar-refractivity contribution < 1.29 is 18.0 Å². The molecule has 0 aliphatic heterocycles. The molecule has 9 heteroatoms. The Morgan fingerprint density at radius 3 is 2.20 bits per heavy atom. The van der Waals surface area contributed by atoms with Gasteiger partial charge in [-0.15, -0.1) is 0 Å². The molecule has 2 rings (SSSR count). The third-order valence-electron chi connectivity index (χ3n) is 4.26. The number of halogens is 1. The average molecular weight is 452 g/mol. The van der Waals surface area contributed by atoms with E-state index >= 15 is 0 Å². The first-order valence-corrected chi connectivity index (χ1v) is 11.7. The molecule has 0 saturated heterocycles. The van der Waals surface area contributed by atoms with Gasteiger partial charge in [0.25, 0.3) is 5.91 Å². The summed E-state index contributed by atoms with van der Waals surface area (Å²) in [5, 5.41) is 5.96. The molecule has 0 fully saturated rings. The second kappa shape index (κ2) is 9.95. The molecule has 0 bridgehead atoms. The van der Waals surface area contributed by atoms with Crippen LogP contribution < -0.4 is 14.9 Å². The molecule has 0 aliphatic rings. The normalized spacial score (nSPS) is 12.3. The largest absolute Gasteiger partial charge is 0.350 e. The molecule has 0 aromatic heterocycles. The van der Waals surface area contributed by atoms with Gasteiger partial charge in [-0.25, -0.2) is 8.42 Å². The highest BCUT2D eigenvalue weighted by Crippen LogP contribution is 2.25. The van der Waals surface area contributed by atoms with E-state index < -0.39 is 22.0 Å². The van der Waals surface area contributed by atoms with E-state index in [9.17, 15) is 18.0 Å². The third-order valence-corrected chi connectivity index (χ3v) is 5.69. The fourth-order valence-electron chi connectivity index (χ4n) is 2.99. The molecule has 1 atom stereocenters. The first-order chi connectivity index (χ1) is 14.0. The Bertz CT molecular complexity index is 1010. The van der Waals surface area contributed by atoms with Crippen molar-refractivity contribution >= 4 is 44.8 Å². The number of amides is 2. The lowest BCUT2D eigenvalue weighted by atomic mass is 10.1. The summed E-state index contributed by atoms with van der Waals surface area (Å²) < 4.78 is 26.1. The van der Waals surface area contributed by atoms with Gasteiger partial charge >= 0.3 is 0 Å².